The fourth-order valence-corrected chi connectivity index (χ4v) is 6.68. The van der Waals surface area contributed by atoms with Gasteiger partial charge in [-0.25, -0.2) is 0 Å². The minimum absolute atomic E-state index is 0.0169. The average Bonchev–Trinajstić information content (AvgIpc) is 3.52. The maximum absolute atomic E-state index is 12.5. The fraction of sp³-hybridized carbons (Fsp3) is 0.667. The highest BCUT2D eigenvalue weighted by Gasteiger charge is 2.40. The van der Waals surface area contributed by atoms with Crippen molar-refractivity contribution in [3.63, 3.8) is 0 Å². The van der Waals surface area contributed by atoms with Gasteiger partial charge in [-0.1, -0.05) is 12.8 Å². The van der Waals surface area contributed by atoms with Gasteiger partial charge in [0.25, 0.3) is 11.8 Å². The van der Waals surface area contributed by atoms with Gasteiger partial charge in [0.15, 0.2) is 0 Å². The molecule has 4 bridgehead atoms. The number of rotatable bonds is 6. The molecule has 4 nitrogen and oxygen atoms in total. The van der Waals surface area contributed by atoms with E-state index in [1.807, 2.05) is 0 Å². The van der Waals surface area contributed by atoms with Gasteiger partial charge < -0.3 is 10.6 Å². The van der Waals surface area contributed by atoms with Crippen LogP contribution < -0.4 is 10.6 Å². The molecule has 4 aliphatic rings. The summed E-state index contributed by atoms with van der Waals surface area (Å²) in [4.78, 5) is 24.9. The van der Waals surface area contributed by atoms with Gasteiger partial charge in [0.2, 0.25) is 0 Å². The summed E-state index contributed by atoms with van der Waals surface area (Å²) in [5.74, 6) is 4.76. The smallest absolute Gasteiger partial charge is 0.251 e. The zero-order chi connectivity index (χ0) is 19.1. The Kier molecular flexibility index (Phi) is 4.90. The Balaban J connectivity index is 1.10. The quantitative estimate of drug-likeness (QED) is 0.783. The van der Waals surface area contributed by atoms with E-state index < -0.39 is 0 Å². The lowest BCUT2D eigenvalue weighted by molar-refractivity contribution is 0.0930. The lowest BCUT2D eigenvalue weighted by atomic mass is 9.89. The Hall–Kier alpha value is -1.84. The molecule has 1 aromatic carbocycles. The molecule has 0 aliphatic heterocycles. The van der Waals surface area contributed by atoms with Crippen molar-refractivity contribution in [2.75, 3.05) is 13.1 Å². The topological polar surface area (TPSA) is 58.2 Å². The van der Waals surface area contributed by atoms with E-state index in [0.29, 0.717) is 23.0 Å². The second kappa shape index (κ2) is 7.53. The first kappa shape index (κ1) is 18.2. The average molecular weight is 381 g/mol. The Bertz CT molecular complexity index is 680. The molecule has 4 heteroatoms. The molecular weight excluding hydrogens is 348 g/mol. The predicted octanol–water partition coefficient (Wildman–Crippen LogP) is 4.02. The molecule has 28 heavy (non-hydrogen) atoms. The lowest BCUT2D eigenvalue weighted by Crippen LogP contribution is -2.32. The highest BCUT2D eigenvalue weighted by molar-refractivity contribution is 5.97. The first-order valence-corrected chi connectivity index (χ1v) is 11.3. The number of carbonyl (C=O) groups excluding carboxylic acids is 2. The third kappa shape index (κ3) is 3.58. The molecular formula is C24H32N2O2. The second-order valence-corrected chi connectivity index (χ2v) is 9.87. The van der Waals surface area contributed by atoms with E-state index >= 15 is 0 Å². The van der Waals surface area contributed by atoms with Crippen LogP contribution in [0.2, 0.25) is 0 Å². The van der Waals surface area contributed by atoms with Crippen LogP contribution in [0.15, 0.2) is 24.3 Å². The maximum Gasteiger partial charge on any atom is 0.251 e. The van der Waals surface area contributed by atoms with Gasteiger partial charge in [0.1, 0.15) is 0 Å². The molecule has 4 fully saturated rings. The molecule has 0 spiro atoms. The zero-order valence-electron chi connectivity index (χ0n) is 16.7. The Morgan fingerprint density at radius 3 is 1.43 bits per heavy atom. The summed E-state index contributed by atoms with van der Waals surface area (Å²) in [6.07, 6.45) is 10.8. The van der Waals surface area contributed by atoms with Gasteiger partial charge in [0.05, 0.1) is 0 Å². The van der Waals surface area contributed by atoms with Crippen LogP contribution in [-0.4, -0.2) is 24.9 Å². The predicted molar refractivity (Wildman–Crippen MR) is 109 cm³/mol. The van der Waals surface area contributed by atoms with Gasteiger partial charge in [-0.3, -0.25) is 9.59 Å². The highest BCUT2D eigenvalue weighted by Crippen LogP contribution is 2.48. The number of hydrogen-bond acceptors (Lipinski definition) is 2. The number of carbonyl (C=O) groups is 2. The van der Waals surface area contributed by atoms with Crippen molar-refractivity contribution in [1.29, 1.82) is 0 Å². The minimum atomic E-state index is -0.0169. The molecule has 1 aromatic rings. The molecule has 5 rings (SSSR count). The van der Waals surface area contributed by atoms with Crippen molar-refractivity contribution >= 4 is 11.8 Å². The summed E-state index contributed by atoms with van der Waals surface area (Å²) in [6, 6.07) is 7.12. The van der Waals surface area contributed by atoms with Gasteiger partial charge in [0, 0.05) is 24.2 Å². The van der Waals surface area contributed by atoms with Gasteiger partial charge in [-0.15, -0.1) is 0 Å². The molecule has 0 radical (unpaired) electrons. The summed E-state index contributed by atoms with van der Waals surface area (Å²) in [7, 11) is 0. The number of amides is 2. The normalized spacial score (nSPS) is 35.3. The van der Waals surface area contributed by atoms with Crippen molar-refractivity contribution in [2.45, 2.75) is 51.4 Å². The summed E-state index contributed by atoms with van der Waals surface area (Å²) in [6.45, 7) is 1.59. The van der Waals surface area contributed by atoms with E-state index in [0.717, 1.165) is 36.8 Å². The summed E-state index contributed by atoms with van der Waals surface area (Å²) < 4.78 is 0. The number of benzene rings is 1. The van der Waals surface area contributed by atoms with E-state index in [9.17, 15) is 9.59 Å². The zero-order valence-corrected chi connectivity index (χ0v) is 16.7. The molecule has 2 amide bonds. The van der Waals surface area contributed by atoms with Crippen LogP contribution in [0.25, 0.3) is 0 Å². The van der Waals surface area contributed by atoms with Crippen LogP contribution in [0.3, 0.4) is 0 Å². The van der Waals surface area contributed by atoms with E-state index in [-0.39, 0.29) is 11.8 Å². The third-order valence-corrected chi connectivity index (χ3v) is 8.23. The van der Waals surface area contributed by atoms with E-state index in [4.69, 9.17) is 0 Å². The minimum Gasteiger partial charge on any atom is -0.352 e. The van der Waals surface area contributed by atoms with Gasteiger partial charge in [-0.2, -0.15) is 0 Å². The fourth-order valence-electron chi connectivity index (χ4n) is 6.68. The first-order chi connectivity index (χ1) is 13.7. The van der Waals surface area contributed by atoms with Crippen molar-refractivity contribution in [1.82, 2.24) is 10.6 Å². The van der Waals surface area contributed by atoms with Gasteiger partial charge in [-0.05, 0) is 98.3 Å². The largest absolute Gasteiger partial charge is 0.352 e. The molecule has 0 heterocycles. The summed E-state index contributed by atoms with van der Waals surface area (Å²) in [5.41, 5.74) is 1.29. The van der Waals surface area contributed by atoms with E-state index in [1.54, 1.807) is 24.3 Å². The Morgan fingerprint density at radius 1 is 0.679 bits per heavy atom. The van der Waals surface area contributed by atoms with Crippen LogP contribution in [0.1, 0.15) is 72.1 Å². The molecule has 0 unspecified atom stereocenters. The molecule has 4 aliphatic carbocycles. The SMILES string of the molecule is O=C(NC[C@@H]1C[C@@H]2CC[C@@H]1C2)c1ccc(C(=O)NC[C@H]2C[C@@H]3CC[C@@H]2C3)cc1. The number of nitrogens with one attached hydrogen (secondary N) is 2. The van der Waals surface area contributed by atoms with Crippen LogP contribution in [-0.2, 0) is 0 Å². The van der Waals surface area contributed by atoms with Crippen LogP contribution in [0, 0.1) is 35.5 Å². The van der Waals surface area contributed by atoms with Crippen LogP contribution in [0.5, 0.6) is 0 Å². The monoisotopic (exact) mass is 380 g/mol. The third-order valence-electron chi connectivity index (χ3n) is 8.23. The molecule has 6 atom stereocenters. The molecule has 4 saturated carbocycles. The Morgan fingerprint density at radius 2 is 1.11 bits per heavy atom. The van der Waals surface area contributed by atoms with Gasteiger partial charge >= 0.3 is 0 Å². The molecule has 0 saturated heterocycles. The number of fused-ring (bicyclic) bond motifs is 4. The van der Waals surface area contributed by atoms with Crippen molar-refractivity contribution in [3.8, 4) is 0 Å². The van der Waals surface area contributed by atoms with E-state index in [2.05, 4.69) is 10.6 Å². The first-order valence-electron chi connectivity index (χ1n) is 11.3. The van der Waals surface area contributed by atoms with Crippen molar-refractivity contribution in [3.05, 3.63) is 35.4 Å². The highest BCUT2D eigenvalue weighted by atomic mass is 16.2. The lowest BCUT2D eigenvalue weighted by Gasteiger charge is -2.22. The van der Waals surface area contributed by atoms with Crippen LogP contribution in [0.4, 0.5) is 0 Å². The molecule has 150 valence electrons. The maximum atomic E-state index is 12.5. The van der Waals surface area contributed by atoms with Crippen molar-refractivity contribution < 1.29 is 9.59 Å². The number of hydrogen-bond donors (Lipinski definition) is 2. The van der Waals surface area contributed by atoms with E-state index in [1.165, 1.54) is 51.4 Å². The summed E-state index contributed by atoms with van der Waals surface area (Å²) in [5, 5.41) is 6.23. The second-order valence-electron chi connectivity index (χ2n) is 9.87. The van der Waals surface area contributed by atoms with Crippen LogP contribution >= 0.6 is 0 Å². The summed E-state index contributed by atoms with van der Waals surface area (Å²) >= 11 is 0. The molecule has 2 N–H and O–H groups in total. The van der Waals surface area contributed by atoms with Crippen molar-refractivity contribution in [2.24, 2.45) is 35.5 Å². The standard InChI is InChI=1S/C24H32N2O2/c27-23(25-13-21-11-15-1-3-19(21)9-15)17-5-7-18(8-6-17)24(28)26-14-22-12-16-2-4-20(22)10-16/h5-8,15-16,19-22H,1-4,9-14H2,(H,25,27)(H,26,28)/t15-,16-,19-,20-,21-,22+/m1/s1. The molecule has 0 aromatic heterocycles. The Labute approximate surface area is 167 Å².